The molecule has 40 heteroatoms. The van der Waals surface area contributed by atoms with Crippen LogP contribution in [0.4, 0.5) is 46.7 Å². The number of carbonyl (C=O) groups is 6. The molecule has 0 radical (unpaired) electrons. The number of carbonyl (C=O) groups excluding carboxylic acids is 6. The number of halogens is 7. The van der Waals surface area contributed by atoms with E-state index in [-0.39, 0.29) is 42.4 Å². The summed E-state index contributed by atoms with van der Waals surface area (Å²) in [6, 6.07) is 38.6. The normalized spacial score (nSPS) is 11.0. The number of fused-ring (bicyclic) bond motifs is 1. The third kappa shape index (κ3) is 35.7. The molecule has 9 N–H and O–H groups in total. The highest BCUT2D eigenvalue weighted by Gasteiger charge is 2.26. The van der Waals surface area contributed by atoms with E-state index >= 15 is 0 Å². The summed E-state index contributed by atoms with van der Waals surface area (Å²) in [6.45, 7) is 29.8. The van der Waals surface area contributed by atoms with Gasteiger partial charge in [0.15, 0.2) is 52.8 Å². The van der Waals surface area contributed by atoms with E-state index in [0.29, 0.717) is 82.9 Å². The number of thiophene rings is 4. The topological polar surface area (TPSA) is 365 Å². The van der Waals surface area contributed by atoms with Gasteiger partial charge in [-0.2, -0.15) is 20.4 Å². The lowest BCUT2D eigenvalue weighted by Crippen LogP contribution is -2.24. The molecule has 13 rings (SSSR count). The highest BCUT2D eigenvalue weighted by molar-refractivity contribution is 9.11. The number of nitrogen functional groups attached to an aromatic ring is 2. The first-order valence-electron chi connectivity index (χ1n) is 39.3. The van der Waals surface area contributed by atoms with Crippen LogP contribution in [0.1, 0.15) is 159 Å². The number of benzene rings is 4. The van der Waals surface area contributed by atoms with Gasteiger partial charge in [-0.3, -0.25) is 42.9 Å². The number of aldehydes is 1. The largest absolute Gasteiger partial charge is 0.512 e. The summed E-state index contributed by atoms with van der Waals surface area (Å²) in [4.78, 5) is 90.8. The van der Waals surface area contributed by atoms with Gasteiger partial charge in [0, 0.05) is 104 Å². The molecular weight excluding hydrogens is 1940 g/mol. The smallest absolute Gasteiger partial charge is 0.344 e. The maximum absolute atomic E-state index is 13.4. The molecule has 0 saturated heterocycles. The Kier molecular flexibility index (Phi) is 40.2. The molecular formula is C89H98Br3F4N19O10S4. The predicted octanol–water partition coefficient (Wildman–Crippen LogP) is 19.9. The number of nitrogens with zero attached hydrogens (tertiary/aromatic N) is 12. The van der Waals surface area contributed by atoms with Crippen LogP contribution in [0.25, 0.3) is 26.2 Å². The molecule has 0 unspecified atom stereocenters. The van der Waals surface area contributed by atoms with E-state index in [1.807, 2.05) is 125 Å². The Labute approximate surface area is 785 Å². The van der Waals surface area contributed by atoms with Gasteiger partial charge < -0.3 is 57.0 Å². The zero-order chi connectivity index (χ0) is 94.9. The quantitative estimate of drug-likeness (QED) is 0.00432. The van der Waals surface area contributed by atoms with Crippen molar-refractivity contribution >= 4 is 175 Å². The first kappa shape index (κ1) is 104. The standard InChI is InChI=1S/C25H21F2N7OS.C17H15BrF2N4OS.C14H18BrN3O2S.C10H15NO3.C9H15N3O2.C9H11N.C5H3BrOS/c1-34-12-18(25(35)30-10-14-2-5-19(26)20(27)8-14)24(33-34)29-11-16-4-7-22(36-16)15-3-6-21-17(9-15)23(28)32-13-31-21;1-24-9-12(16(23-24)21-8-11-3-5-15(18)26-11)17(25)22-7-10-2-4-13(19)14(20)6-10;1-14(2,3)20-13(19)10-8-18(4)17-12(10)16-7-9-5-6-11(15)21-9;1-6-13-7-8(11-5)9(12)14-10(2,3)4;1-9(2,3)14-8(13)6-5-12(4)11-7(6)10;1-2-10-8-9-6-4-3-5-7-9;6-5-2-1-4(3-7)8-5/h2-9,12-13H,10-11H2,1H3,(H,29,33)(H,30,35)(H2,28,31,32);2-6,9H,7-8H2,1H3,(H,21,23)(H,22,25);5-6,8H,7H2,1-4H3,(H,16,17);7H,6H2,1-4H3;5H,1-4H3,(H2,10,11);3-8H,2H2,1H3;1-3H/b;;;8-7+;;;. The summed E-state index contributed by atoms with van der Waals surface area (Å²) >= 11 is 16.3. The number of esters is 3. The van der Waals surface area contributed by atoms with Crippen molar-refractivity contribution in [1.82, 2.24) is 59.7 Å². The van der Waals surface area contributed by atoms with Gasteiger partial charge in [0.25, 0.3) is 11.8 Å². The Morgan fingerprint density at radius 1 is 0.519 bits per heavy atom. The van der Waals surface area contributed by atoms with Crippen molar-refractivity contribution in [3.63, 3.8) is 0 Å². The summed E-state index contributed by atoms with van der Waals surface area (Å²) in [5.74, 6) is -3.89. The monoisotopic (exact) mass is 2030 g/mol. The first-order chi connectivity index (χ1) is 61.0. The molecule has 0 aliphatic heterocycles. The minimum absolute atomic E-state index is 0.0555. The number of nitrogens with one attached hydrogen (secondary N) is 5. The summed E-state index contributed by atoms with van der Waals surface area (Å²) in [6.07, 6.45) is 11.7. The van der Waals surface area contributed by atoms with Gasteiger partial charge in [0.1, 0.15) is 51.2 Å². The highest BCUT2D eigenvalue weighted by Crippen LogP contribution is 2.33. The van der Waals surface area contributed by atoms with E-state index in [1.54, 1.807) is 151 Å². The van der Waals surface area contributed by atoms with E-state index in [0.717, 1.165) is 95.6 Å². The number of hydrogen-bond donors (Lipinski definition) is 7. The predicted molar refractivity (Wildman–Crippen MR) is 510 cm³/mol. The van der Waals surface area contributed by atoms with E-state index in [1.165, 1.54) is 44.7 Å². The molecule has 682 valence electrons. The molecule has 0 aliphatic carbocycles. The van der Waals surface area contributed by atoms with Gasteiger partial charge in [0.05, 0.1) is 60.8 Å². The number of nitrogens with two attached hydrogens (primary N) is 2. The van der Waals surface area contributed by atoms with Gasteiger partial charge in [-0.15, -0.1) is 45.3 Å². The Balaban J connectivity index is 0.000000218. The molecule has 2 amide bonds. The summed E-state index contributed by atoms with van der Waals surface area (Å²) in [7, 11) is 6.92. The minimum atomic E-state index is -0.957. The van der Waals surface area contributed by atoms with Gasteiger partial charge in [-0.25, -0.2) is 42.0 Å². The lowest BCUT2D eigenvalue weighted by atomic mass is 10.1. The lowest BCUT2D eigenvalue weighted by Gasteiger charge is -2.19. The van der Waals surface area contributed by atoms with Crippen molar-refractivity contribution in [3.05, 3.63) is 281 Å². The number of aliphatic imine (C=N–C) groups is 1. The number of hydrogen-bond acceptors (Lipinski definition) is 26. The number of ether oxygens (including phenoxy) is 4. The van der Waals surface area contributed by atoms with Crippen LogP contribution in [-0.4, -0.2) is 121 Å². The Bertz CT molecular complexity index is 6040. The van der Waals surface area contributed by atoms with Crippen molar-refractivity contribution < 1.29 is 65.3 Å². The minimum Gasteiger partial charge on any atom is -0.512 e. The molecule has 0 fully saturated rings. The fraction of sp³-hybridized carbons (Fsp3) is 0.281. The number of amides is 2. The molecule has 0 spiro atoms. The van der Waals surface area contributed by atoms with Crippen LogP contribution in [0, 0.1) is 29.8 Å². The van der Waals surface area contributed by atoms with Crippen LogP contribution in [0.2, 0.25) is 0 Å². The van der Waals surface area contributed by atoms with Crippen molar-refractivity contribution in [3.8, 4) is 10.4 Å². The molecule has 0 atom stereocenters. The van der Waals surface area contributed by atoms with E-state index in [4.69, 9.17) is 37.0 Å². The van der Waals surface area contributed by atoms with Crippen LogP contribution in [0.5, 0.6) is 0 Å². The fourth-order valence-electron chi connectivity index (χ4n) is 10.5. The molecule has 9 aromatic heterocycles. The Hall–Kier alpha value is -12.3. The van der Waals surface area contributed by atoms with Crippen LogP contribution in [0.3, 0.4) is 0 Å². The van der Waals surface area contributed by atoms with Crippen molar-refractivity contribution in [2.24, 2.45) is 33.2 Å². The number of anilines is 5. The fourth-order valence-corrected chi connectivity index (χ4v) is 15.6. The average Bonchev–Trinajstić information content (AvgIpc) is 1.80. The third-order valence-corrected chi connectivity index (χ3v) is 22.1. The van der Waals surface area contributed by atoms with Gasteiger partial charge in [-0.1, -0.05) is 48.5 Å². The first-order valence-corrected chi connectivity index (χ1v) is 44.9. The molecule has 29 nitrogen and oxygen atoms in total. The van der Waals surface area contributed by atoms with Crippen LogP contribution < -0.4 is 38.1 Å². The number of aromatic nitrogens is 10. The summed E-state index contributed by atoms with van der Waals surface area (Å²) < 4.78 is 82.4. The van der Waals surface area contributed by atoms with Crippen molar-refractivity contribution in [2.45, 2.75) is 126 Å². The van der Waals surface area contributed by atoms with Crippen LogP contribution in [0.15, 0.2) is 193 Å². The van der Waals surface area contributed by atoms with E-state index < -0.39 is 52.0 Å². The maximum Gasteiger partial charge on any atom is 0.344 e. The molecule has 129 heavy (non-hydrogen) atoms. The van der Waals surface area contributed by atoms with Crippen molar-refractivity contribution in [2.75, 3.05) is 40.6 Å². The second kappa shape index (κ2) is 49.9. The SMILES string of the molecule is CCN=Cc1ccccc1.Cn1cc(C(=O)NCc2ccc(F)c(F)c2)c(NCc2ccc(-c3ccc4ncnc(N)c4c3)s2)n1.Cn1cc(C(=O)NCc2ccc(F)c(F)c2)c(NCc2ccc(Br)s2)n1.Cn1cc(C(=O)OC(C)(C)C)c(N)n1.Cn1cc(C(=O)OC(C)(C)C)c(NCc2ccc(Br)s2)n1.O=Cc1ccc(Br)s1.[C-]#[N+]/C(=C/OCC)C(=O)OC(C)(C)C. The second-order valence-corrected chi connectivity index (χ2v) is 39.0. The average molecular weight is 2040 g/mol. The highest BCUT2D eigenvalue weighted by atomic mass is 79.9. The Morgan fingerprint density at radius 2 is 0.977 bits per heavy atom. The summed E-state index contributed by atoms with van der Waals surface area (Å²) in [5.41, 5.74) is 15.1. The second-order valence-electron chi connectivity index (χ2n) is 30.3. The lowest BCUT2D eigenvalue weighted by molar-refractivity contribution is -0.149. The summed E-state index contributed by atoms with van der Waals surface area (Å²) in [5, 5.41) is 32.5. The maximum atomic E-state index is 13.4. The zero-order valence-corrected chi connectivity index (χ0v) is 81.2. The molecule has 0 saturated carbocycles. The third-order valence-electron chi connectivity index (χ3n) is 16.1. The van der Waals surface area contributed by atoms with Crippen molar-refractivity contribution in [1.29, 1.82) is 0 Å². The van der Waals surface area contributed by atoms with Crippen LogP contribution >= 0.6 is 93.1 Å². The van der Waals surface area contributed by atoms with E-state index in [2.05, 4.69) is 115 Å². The van der Waals surface area contributed by atoms with Crippen LogP contribution in [-0.2, 0) is 84.7 Å². The molecule has 13 aromatic rings. The number of aryl methyl sites for hydroxylation is 4. The van der Waals surface area contributed by atoms with Gasteiger partial charge >= 0.3 is 23.6 Å². The van der Waals surface area contributed by atoms with Gasteiger partial charge in [-0.05, 0) is 231 Å². The molecule has 0 bridgehead atoms. The van der Waals surface area contributed by atoms with E-state index in [9.17, 15) is 46.3 Å². The molecule has 0 aliphatic rings. The Morgan fingerprint density at radius 3 is 1.40 bits per heavy atom. The number of rotatable bonds is 24. The zero-order valence-electron chi connectivity index (χ0n) is 73.2. The van der Waals surface area contributed by atoms with Gasteiger partial charge in [0.2, 0.25) is 0 Å². The molecule has 9 heterocycles. The molecule has 4 aromatic carbocycles.